The molecule has 0 N–H and O–H groups in total. The molecule has 2 aliphatic rings. The monoisotopic (exact) mass is 954 g/mol. The van der Waals surface area contributed by atoms with Crippen LogP contribution in [-0.4, -0.2) is 107 Å². The second-order valence-corrected chi connectivity index (χ2v) is 18.3. The number of hydrogen-bond acceptors (Lipinski definition) is 10. The number of rotatable bonds is 16. The molecule has 0 aliphatic carbocycles. The van der Waals surface area contributed by atoms with Crippen molar-refractivity contribution in [3.05, 3.63) is 0 Å². The number of alkyl halides is 12. The van der Waals surface area contributed by atoms with Crippen LogP contribution in [0.4, 0.5) is 62.3 Å². The van der Waals surface area contributed by atoms with E-state index in [4.69, 9.17) is 18.9 Å². The summed E-state index contributed by atoms with van der Waals surface area (Å²) in [6.45, 7) is 14.8. The molecular formula is C40H58F12N2O10. The topological polar surface area (TPSA) is 146 Å². The quantitative estimate of drug-likeness (QED) is 0.0832. The van der Waals surface area contributed by atoms with E-state index in [1.165, 1.54) is 41.5 Å². The Morgan fingerprint density at radius 1 is 0.500 bits per heavy atom. The van der Waals surface area contributed by atoms with E-state index in [0.717, 1.165) is 0 Å². The Morgan fingerprint density at radius 3 is 0.938 bits per heavy atom. The van der Waals surface area contributed by atoms with E-state index < -0.39 is 159 Å². The lowest BCUT2D eigenvalue weighted by atomic mass is 9.83. The van der Waals surface area contributed by atoms with Gasteiger partial charge < -0.3 is 18.9 Å². The maximum atomic E-state index is 13.2. The van der Waals surface area contributed by atoms with Gasteiger partial charge >= 0.3 is 48.8 Å². The first-order chi connectivity index (χ1) is 28.6. The lowest BCUT2D eigenvalue weighted by Crippen LogP contribution is -2.48. The predicted molar refractivity (Wildman–Crippen MR) is 200 cm³/mol. The van der Waals surface area contributed by atoms with E-state index in [0.29, 0.717) is 9.80 Å². The Labute approximate surface area is 363 Å². The van der Waals surface area contributed by atoms with Gasteiger partial charge in [-0.2, -0.15) is 52.7 Å². The molecule has 2 rings (SSSR count). The van der Waals surface area contributed by atoms with Crippen LogP contribution in [0.2, 0.25) is 0 Å². The van der Waals surface area contributed by atoms with Gasteiger partial charge in [0.25, 0.3) is 0 Å². The van der Waals surface area contributed by atoms with Gasteiger partial charge in [0.2, 0.25) is 11.8 Å². The van der Waals surface area contributed by atoms with Gasteiger partial charge in [-0.15, -0.1) is 0 Å². The molecule has 0 bridgehead atoms. The second kappa shape index (κ2) is 22.4. The van der Waals surface area contributed by atoms with E-state index in [-0.39, 0.29) is 25.0 Å². The van der Waals surface area contributed by atoms with Crippen LogP contribution in [0, 0.1) is 35.5 Å². The first-order valence-corrected chi connectivity index (χ1v) is 20.4. The Morgan fingerprint density at radius 2 is 0.734 bits per heavy atom. The highest BCUT2D eigenvalue weighted by molar-refractivity contribution is 5.97. The van der Waals surface area contributed by atoms with Crippen LogP contribution in [-0.2, 0) is 38.1 Å². The van der Waals surface area contributed by atoms with Gasteiger partial charge in [-0.1, -0.05) is 27.7 Å². The summed E-state index contributed by atoms with van der Waals surface area (Å²) in [5.74, 6) is -12.8. The van der Waals surface area contributed by atoms with E-state index in [1.54, 1.807) is 27.7 Å². The average Bonchev–Trinajstić information content (AvgIpc) is 3.66. The number of halogens is 12. The minimum absolute atomic E-state index is 0.201. The Bertz CT molecular complexity index is 1480. The van der Waals surface area contributed by atoms with Crippen LogP contribution in [0.3, 0.4) is 0 Å². The first kappa shape index (κ1) is 58.0. The number of amides is 4. The molecule has 24 heteroatoms. The van der Waals surface area contributed by atoms with E-state index in [9.17, 15) is 81.5 Å². The fraction of sp³-hybridized carbons (Fsp3) is 0.850. The Hall–Kier alpha value is -4.02. The lowest BCUT2D eigenvalue weighted by Gasteiger charge is -2.32. The van der Waals surface area contributed by atoms with Gasteiger partial charge in [0.15, 0.2) is 0 Å². The van der Waals surface area contributed by atoms with E-state index >= 15 is 0 Å². The largest absolute Gasteiger partial charge is 0.460 e. The number of nitrogens with zero attached hydrogens (tertiary/aromatic N) is 2. The minimum atomic E-state index is -4.73. The van der Waals surface area contributed by atoms with E-state index in [1.807, 2.05) is 0 Å². The zero-order valence-corrected chi connectivity index (χ0v) is 37.2. The molecule has 2 fully saturated rings. The average molecular weight is 955 g/mol. The Kier molecular flexibility index (Phi) is 20.3. The minimum Gasteiger partial charge on any atom is -0.460 e. The summed E-state index contributed by atoms with van der Waals surface area (Å²) < 4.78 is 175. The normalized spacial score (nSPS) is 19.7. The van der Waals surface area contributed by atoms with Crippen molar-refractivity contribution in [2.45, 2.75) is 169 Å². The number of ether oxygens (including phenoxy) is 4. The number of esters is 2. The molecule has 2 heterocycles. The molecule has 12 nitrogen and oxygen atoms in total. The van der Waals surface area contributed by atoms with Crippen molar-refractivity contribution in [2.24, 2.45) is 35.5 Å². The van der Waals surface area contributed by atoms with Gasteiger partial charge in [-0.25, -0.2) is 19.4 Å². The summed E-state index contributed by atoms with van der Waals surface area (Å²) in [7, 11) is 0. The van der Waals surface area contributed by atoms with Gasteiger partial charge in [0.05, 0.1) is 35.8 Å². The maximum Gasteiger partial charge on any atom is 0.416 e. The van der Waals surface area contributed by atoms with Crippen LogP contribution < -0.4 is 0 Å². The van der Waals surface area contributed by atoms with Gasteiger partial charge in [0, 0.05) is 25.7 Å². The molecule has 0 aromatic heterocycles. The third-order valence-corrected chi connectivity index (χ3v) is 9.81. The fourth-order valence-electron chi connectivity index (χ4n) is 6.71. The van der Waals surface area contributed by atoms with Crippen molar-refractivity contribution in [2.75, 3.05) is 13.2 Å². The predicted octanol–water partition coefficient (Wildman–Crippen LogP) is 10.5. The molecule has 0 aromatic rings. The summed E-state index contributed by atoms with van der Waals surface area (Å²) in [4.78, 5) is 77.3. The molecule has 2 saturated heterocycles. The number of hydrogen-bond donors (Lipinski definition) is 0. The smallest absolute Gasteiger partial charge is 0.416 e. The molecule has 6 atom stereocenters. The van der Waals surface area contributed by atoms with Crippen molar-refractivity contribution in [3.63, 3.8) is 0 Å². The number of cyclic esters (lactones) is 2. The second-order valence-electron chi connectivity index (χ2n) is 18.3. The lowest BCUT2D eigenvalue weighted by molar-refractivity contribution is -0.172. The molecule has 0 radical (unpaired) electrons. The molecule has 372 valence electrons. The highest BCUT2D eigenvalue weighted by atomic mass is 19.4. The van der Waals surface area contributed by atoms with Crippen molar-refractivity contribution < 1.29 is 100 Å². The van der Waals surface area contributed by atoms with Crippen molar-refractivity contribution in [1.29, 1.82) is 0 Å². The summed E-state index contributed by atoms with van der Waals surface area (Å²) in [6.07, 6.45) is -31.0. The maximum absolute atomic E-state index is 13.2. The van der Waals surface area contributed by atoms with Crippen LogP contribution in [0.25, 0.3) is 0 Å². The summed E-state index contributed by atoms with van der Waals surface area (Å²) in [5.41, 5.74) is -2.31. The van der Waals surface area contributed by atoms with Crippen LogP contribution in [0.1, 0.15) is 121 Å². The molecular weight excluding hydrogens is 896 g/mol. The Balaban J connectivity index is 0.000000640. The molecule has 2 aliphatic heterocycles. The zero-order chi connectivity index (χ0) is 50.1. The molecule has 4 amide bonds. The number of carbonyl (C=O) groups is 6. The van der Waals surface area contributed by atoms with E-state index in [2.05, 4.69) is 0 Å². The fourth-order valence-corrected chi connectivity index (χ4v) is 6.71. The first-order valence-electron chi connectivity index (χ1n) is 20.4. The number of imide groups is 2. The van der Waals surface area contributed by atoms with Gasteiger partial charge in [-0.3, -0.25) is 19.2 Å². The van der Waals surface area contributed by atoms with Crippen LogP contribution in [0.15, 0.2) is 0 Å². The summed E-state index contributed by atoms with van der Waals surface area (Å²) in [5, 5.41) is 0. The zero-order valence-electron chi connectivity index (χ0n) is 37.2. The van der Waals surface area contributed by atoms with Crippen LogP contribution >= 0.6 is 0 Å². The van der Waals surface area contributed by atoms with Crippen molar-refractivity contribution in [3.8, 4) is 0 Å². The molecule has 0 spiro atoms. The standard InChI is InChI=1S/2C20H29F6NO5/c2*1-11(2)14-10-31-17(30)27(14)15(28)12(6-8-19(21,22)23)13(7-9-20(24,25)26)16(29)32-18(3,4)5/h2*11-14H,6-10H2,1-5H3/t12-,13+,14-;12-,13-,14-/m11/s1. The third-order valence-electron chi connectivity index (χ3n) is 9.81. The van der Waals surface area contributed by atoms with Gasteiger partial charge in [-0.05, 0) is 79.1 Å². The third kappa shape index (κ3) is 20.4. The summed E-state index contributed by atoms with van der Waals surface area (Å²) >= 11 is 0. The molecule has 64 heavy (non-hydrogen) atoms. The number of carbonyl (C=O) groups excluding carboxylic acids is 6. The van der Waals surface area contributed by atoms with Crippen LogP contribution in [0.5, 0.6) is 0 Å². The van der Waals surface area contributed by atoms with Crippen molar-refractivity contribution >= 4 is 35.9 Å². The van der Waals surface area contributed by atoms with Crippen molar-refractivity contribution in [1.82, 2.24) is 9.80 Å². The molecule has 0 saturated carbocycles. The highest BCUT2D eigenvalue weighted by Crippen LogP contribution is 2.38. The summed E-state index contributed by atoms with van der Waals surface area (Å²) in [6, 6.07) is -1.63. The SMILES string of the molecule is CC(C)[C@H]1COC(=O)N1C(=O)[C@H](CCC(F)(F)F)[C@@H](CCC(F)(F)F)C(=O)OC(C)(C)C.CC(C)[C@H]1COC(=O)N1C(=O)[C@H](CCC(F)(F)F)[C@H](CCC(F)(F)F)C(=O)OC(C)(C)C. The van der Waals surface area contributed by atoms with Gasteiger partial charge in [0.1, 0.15) is 24.4 Å². The highest BCUT2D eigenvalue weighted by Gasteiger charge is 2.50. The molecule has 0 unspecified atom stereocenters. The molecule has 0 aromatic carbocycles.